The van der Waals surface area contributed by atoms with Crippen molar-refractivity contribution in [1.82, 2.24) is 4.31 Å². The lowest BCUT2D eigenvalue weighted by Gasteiger charge is -2.26. The van der Waals surface area contributed by atoms with Crippen LogP contribution in [0.15, 0.2) is 94.7 Å². The molecule has 4 aromatic rings. The first-order chi connectivity index (χ1) is 20.5. The summed E-state index contributed by atoms with van der Waals surface area (Å²) in [6.07, 6.45) is -4.68. The van der Waals surface area contributed by atoms with Gasteiger partial charge in [-0.1, -0.05) is 72.3 Å². The monoisotopic (exact) mass is 645 g/mol. The third kappa shape index (κ3) is 7.37. The highest BCUT2D eigenvalue weighted by Crippen LogP contribution is 2.35. The van der Waals surface area contributed by atoms with Gasteiger partial charge in [0.15, 0.2) is 15.6 Å². The van der Waals surface area contributed by atoms with Gasteiger partial charge in [-0.2, -0.15) is 17.5 Å². The third-order valence-corrected chi connectivity index (χ3v) is 10.7. The summed E-state index contributed by atoms with van der Waals surface area (Å²) in [5, 5.41) is 8.94. The Hall–Kier alpha value is -4.00. The summed E-state index contributed by atoms with van der Waals surface area (Å²) in [5.74, 6) is -2.54. The number of hydrogen-bond acceptors (Lipinski definition) is 5. The van der Waals surface area contributed by atoms with Gasteiger partial charge in [-0.05, 0) is 72.4 Å². The molecular formula is C32H30F3NO6S2. The highest BCUT2D eigenvalue weighted by molar-refractivity contribution is 7.92. The Bertz CT molecular complexity index is 1900. The normalized spacial score (nSPS) is 12.4. The number of alkyl halides is 3. The molecule has 0 aromatic heterocycles. The summed E-state index contributed by atoms with van der Waals surface area (Å²) in [7, 11) is -8.34. The van der Waals surface area contributed by atoms with Gasteiger partial charge in [0.25, 0.3) is 0 Å². The van der Waals surface area contributed by atoms with E-state index in [4.69, 9.17) is 5.11 Å². The van der Waals surface area contributed by atoms with Crippen LogP contribution in [0.1, 0.15) is 33.4 Å². The lowest BCUT2D eigenvalue weighted by Crippen LogP contribution is -2.32. The molecule has 0 amide bonds. The van der Waals surface area contributed by atoms with Gasteiger partial charge >= 0.3 is 12.1 Å². The van der Waals surface area contributed by atoms with E-state index in [0.29, 0.717) is 27.8 Å². The number of nitrogens with zero attached hydrogens (tertiary/aromatic N) is 1. The van der Waals surface area contributed by atoms with Crippen LogP contribution in [-0.4, -0.2) is 38.0 Å². The van der Waals surface area contributed by atoms with Crippen LogP contribution in [0.5, 0.6) is 0 Å². The van der Waals surface area contributed by atoms with Gasteiger partial charge in [-0.15, -0.1) is 0 Å². The second-order valence-corrected chi connectivity index (χ2v) is 14.4. The van der Waals surface area contributed by atoms with Crippen molar-refractivity contribution in [3.63, 3.8) is 0 Å². The van der Waals surface area contributed by atoms with Crippen molar-refractivity contribution < 1.29 is 39.9 Å². The molecule has 44 heavy (non-hydrogen) atoms. The summed E-state index contributed by atoms with van der Waals surface area (Å²) >= 11 is 0. The van der Waals surface area contributed by atoms with E-state index in [2.05, 4.69) is 0 Å². The van der Waals surface area contributed by atoms with Crippen LogP contribution in [0.2, 0.25) is 0 Å². The lowest BCUT2D eigenvalue weighted by atomic mass is 10.0. The summed E-state index contributed by atoms with van der Waals surface area (Å²) in [4.78, 5) is 10.9. The van der Waals surface area contributed by atoms with Gasteiger partial charge < -0.3 is 5.11 Å². The largest absolute Gasteiger partial charge is 0.480 e. The lowest BCUT2D eigenvalue weighted by molar-refractivity contribution is -0.138. The second kappa shape index (κ2) is 12.5. The number of carboxylic acids is 1. The van der Waals surface area contributed by atoms with E-state index in [0.717, 1.165) is 15.9 Å². The predicted octanol–water partition coefficient (Wildman–Crippen LogP) is 6.55. The average Bonchev–Trinajstić information content (AvgIpc) is 2.91. The minimum atomic E-state index is -4.68. The zero-order valence-corrected chi connectivity index (χ0v) is 25.7. The number of benzene rings is 4. The fourth-order valence-corrected chi connectivity index (χ4v) is 8.08. The molecule has 1 N–H and O–H groups in total. The van der Waals surface area contributed by atoms with Crippen LogP contribution >= 0.6 is 0 Å². The standard InChI is InChI=1S/C32H30F3NO6S2/c1-21-15-22(2)31(23(3)16-21)44(41,42)36(19-27-7-4-5-10-29(27)32(33,34)35)18-24-11-13-25(14-12-24)26-8-6-9-28(17-26)43(39,40)20-30(37)38/h4-17H,18-20H2,1-3H3,(H,37,38). The SMILES string of the molecule is Cc1cc(C)c(S(=O)(=O)N(Cc2ccc(-c3cccc(S(=O)(=O)CC(=O)O)c3)cc2)Cc2ccccc2C(F)(F)F)c(C)c1. The van der Waals surface area contributed by atoms with Gasteiger partial charge in [-0.25, -0.2) is 16.8 Å². The molecule has 0 saturated heterocycles. The van der Waals surface area contributed by atoms with E-state index in [1.807, 2.05) is 6.92 Å². The quantitative estimate of drug-likeness (QED) is 0.210. The fourth-order valence-electron chi connectivity index (χ4n) is 5.17. The zero-order chi connectivity index (χ0) is 32.4. The Labute approximate surface area is 254 Å². The molecule has 0 aliphatic heterocycles. The number of hydrogen-bond donors (Lipinski definition) is 1. The molecule has 0 radical (unpaired) electrons. The Morgan fingerprint density at radius 1 is 0.773 bits per heavy atom. The van der Waals surface area contributed by atoms with Crippen LogP contribution in [0.25, 0.3) is 11.1 Å². The Balaban J connectivity index is 1.73. The number of carboxylic acid groups (broad SMARTS) is 1. The first kappa shape index (κ1) is 32.9. The molecule has 0 aliphatic rings. The van der Waals surface area contributed by atoms with E-state index < -0.39 is 49.9 Å². The molecule has 0 fully saturated rings. The van der Waals surface area contributed by atoms with Crippen molar-refractivity contribution in [2.24, 2.45) is 0 Å². The number of aliphatic carboxylic acids is 1. The highest BCUT2D eigenvalue weighted by atomic mass is 32.2. The van der Waals surface area contributed by atoms with E-state index in [1.165, 1.54) is 36.4 Å². The first-order valence-electron chi connectivity index (χ1n) is 13.4. The van der Waals surface area contributed by atoms with E-state index in [-0.39, 0.29) is 21.9 Å². The number of halogens is 3. The van der Waals surface area contributed by atoms with Crippen molar-refractivity contribution in [3.05, 3.63) is 118 Å². The van der Waals surface area contributed by atoms with E-state index >= 15 is 0 Å². The van der Waals surface area contributed by atoms with Gasteiger partial charge in [0, 0.05) is 13.1 Å². The van der Waals surface area contributed by atoms with Crippen LogP contribution in [0, 0.1) is 20.8 Å². The maximum Gasteiger partial charge on any atom is 0.416 e. The number of aryl methyl sites for hydroxylation is 3. The first-order valence-corrected chi connectivity index (χ1v) is 16.5. The van der Waals surface area contributed by atoms with Crippen LogP contribution in [0.4, 0.5) is 13.2 Å². The number of sulfonamides is 1. The second-order valence-electron chi connectivity index (χ2n) is 10.5. The van der Waals surface area contributed by atoms with Crippen LogP contribution < -0.4 is 0 Å². The molecule has 4 aromatic carbocycles. The zero-order valence-electron chi connectivity index (χ0n) is 24.1. The van der Waals surface area contributed by atoms with Crippen LogP contribution in [-0.2, 0) is 43.9 Å². The van der Waals surface area contributed by atoms with Gasteiger partial charge in [0.1, 0.15) is 0 Å². The molecule has 0 spiro atoms. The van der Waals surface area contributed by atoms with Crippen molar-refractivity contribution in [3.8, 4) is 11.1 Å². The van der Waals surface area contributed by atoms with Crippen molar-refractivity contribution >= 4 is 25.8 Å². The summed E-state index contributed by atoms with van der Waals surface area (Å²) < 4.78 is 95.6. The minimum absolute atomic E-state index is 0.0311. The molecule has 0 heterocycles. The fraction of sp³-hybridized carbons (Fsp3) is 0.219. The summed E-state index contributed by atoms with van der Waals surface area (Å²) in [6.45, 7) is 4.35. The summed E-state index contributed by atoms with van der Waals surface area (Å²) in [6, 6.07) is 20.5. The predicted molar refractivity (Wildman–Crippen MR) is 160 cm³/mol. The molecule has 0 unspecified atom stereocenters. The molecule has 0 atom stereocenters. The maximum absolute atomic E-state index is 14.1. The minimum Gasteiger partial charge on any atom is -0.480 e. The summed E-state index contributed by atoms with van der Waals surface area (Å²) in [5.41, 5.74) is 2.23. The smallest absolute Gasteiger partial charge is 0.416 e. The van der Waals surface area contributed by atoms with Crippen LogP contribution in [0.3, 0.4) is 0 Å². The molecule has 7 nitrogen and oxygen atoms in total. The third-order valence-electron chi connectivity index (χ3n) is 7.02. The molecule has 12 heteroatoms. The van der Waals surface area contributed by atoms with Crippen molar-refractivity contribution in [2.45, 2.75) is 49.8 Å². The highest BCUT2D eigenvalue weighted by Gasteiger charge is 2.35. The maximum atomic E-state index is 14.1. The molecule has 4 rings (SSSR count). The Morgan fingerprint density at radius 3 is 1.98 bits per heavy atom. The molecule has 0 saturated carbocycles. The number of sulfone groups is 1. The van der Waals surface area contributed by atoms with Gasteiger partial charge in [0.05, 0.1) is 15.4 Å². The van der Waals surface area contributed by atoms with Crippen molar-refractivity contribution in [1.29, 1.82) is 0 Å². The van der Waals surface area contributed by atoms with Gasteiger partial charge in [0.2, 0.25) is 10.0 Å². The molecule has 232 valence electrons. The van der Waals surface area contributed by atoms with E-state index in [9.17, 15) is 34.8 Å². The number of carbonyl (C=O) groups is 1. The Morgan fingerprint density at radius 2 is 1.39 bits per heavy atom. The molecule has 0 aliphatic carbocycles. The number of rotatable bonds is 10. The average molecular weight is 646 g/mol. The van der Waals surface area contributed by atoms with Gasteiger partial charge in [-0.3, -0.25) is 4.79 Å². The molecule has 0 bridgehead atoms. The topological polar surface area (TPSA) is 109 Å². The Kier molecular flexibility index (Phi) is 9.38. The van der Waals surface area contributed by atoms with Crippen molar-refractivity contribution in [2.75, 3.05) is 5.75 Å². The molecular weight excluding hydrogens is 615 g/mol. The van der Waals surface area contributed by atoms with E-state index in [1.54, 1.807) is 56.3 Å².